The molecule has 16 heavy (non-hydrogen) atoms. The highest BCUT2D eigenvalue weighted by Crippen LogP contribution is 2.12. The summed E-state index contributed by atoms with van der Waals surface area (Å²) in [5.41, 5.74) is 0.756. The van der Waals surface area contributed by atoms with Gasteiger partial charge in [0.05, 0.1) is 6.54 Å². The summed E-state index contributed by atoms with van der Waals surface area (Å²) in [6.45, 7) is 2.65. The molecule has 0 unspecified atom stereocenters. The lowest BCUT2D eigenvalue weighted by Gasteiger charge is -2.12. The summed E-state index contributed by atoms with van der Waals surface area (Å²) in [6, 6.07) is 7.11. The van der Waals surface area contributed by atoms with Gasteiger partial charge in [0, 0.05) is 10.6 Å². The van der Waals surface area contributed by atoms with Gasteiger partial charge in [-0.2, -0.15) is 0 Å². The number of carbonyl (C=O) groups is 1. The number of carbonyl (C=O) groups excluding carboxylic acids is 1. The summed E-state index contributed by atoms with van der Waals surface area (Å²) in [6.07, 6.45) is 2.43. The standard InChI is InChI=1S/C12H14ClNO.ClH/c13-11-5-3-10(4-6-11)12(15)9-14-7-1-2-8-14;/h3-6H,1-2,7-9H2;1H. The van der Waals surface area contributed by atoms with E-state index in [9.17, 15) is 4.79 Å². The zero-order valence-corrected chi connectivity index (χ0v) is 10.6. The highest BCUT2D eigenvalue weighted by Gasteiger charge is 2.15. The molecule has 0 aromatic heterocycles. The van der Waals surface area contributed by atoms with Crippen molar-refractivity contribution in [2.45, 2.75) is 12.8 Å². The van der Waals surface area contributed by atoms with Crippen molar-refractivity contribution in [2.24, 2.45) is 0 Å². The van der Waals surface area contributed by atoms with Crippen molar-refractivity contribution in [3.63, 3.8) is 0 Å². The number of benzene rings is 1. The van der Waals surface area contributed by atoms with Gasteiger partial charge in [0.2, 0.25) is 0 Å². The van der Waals surface area contributed by atoms with E-state index < -0.39 is 0 Å². The Morgan fingerprint density at radius 1 is 1.19 bits per heavy atom. The summed E-state index contributed by atoms with van der Waals surface area (Å²) in [4.78, 5) is 14.0. The van der Waals surface area contributed by atoms with Crippen LogP contribution in [0.25, 0.3) is 0 Å². The Labute approximate surface area is 107 Å². The average Bonchev–Trinajstić information content (AvgIpc) is 2.71. The van der Waals surface area contributed by atoms with Crippen molar-refractivity contribution < 1.29 is 4.79 Å². The smallest absolute Gasteiger partial charge is 0.176 e. The van der Waals surface area contributed by atoms with Gasteiger partial charge in [0.15, 0.2) is 5.78 Å². The minimum atomic E-state index is 0. The first-order chi connectivity index (χ1) is 7.25. The zero-order valence-electron chi connectivity index (χ0n) is 8.99. The Bertz CT molecular complexity index is 345. The summed E-state index contributed by atoms with van der Waals surface area (Å²) in [5.74, 6) is 0.188. The fourth-order valence-electron chi connectivity index (χ4n) is 1.87. The molecule has 0 atom stereocenters. The molecule has 1 aromatic carbocycles. The maximum Gasteiger partial charge on any atom is 0.176 e. The van der Waals surface area contributed by atoms with Gasteiger partial charge in [-0.05, 0) is 50.2 Å². The zero-order chi connectivity index (χ0) is 10.7. The predicted octanol–water partition coefficient (Wildman–Crippen LogP) is 3.04. The first-order valence-corrected chi connectivity index (χ1v) is 5.64. The maximum absolute atomic E-state index is 11.8. The molecular weight excluding hydrogens is 245 g/mol. The lowest BCUT2D eigenvalue weighted by Crippen LogP contribution is -2.26. The molecule has 0 amide bonds. The van der Waals surface area contributed by atoms with Gasteiger partial charge in [0.25, 0.3) is 0 Å². The molecule has 0 spiro atoms. The van der Waals surface area contributed by atoms with Crippen LogP contribution < -0.4 is 0 Å². The lowest BCUT2D eigenvalue weighted by atomic mass is 10.1. The Morgan fingerprint density at radius 2 is 1.75 bits per heavy atom. The van der Waals surface area contributed by atoms with Crippen LogP contribution in [0.1, 0.15) is 23.2 Å². The highest BCUT2D eigenvalue weighted by molar-refractivity contribution is 6.30. The monoisotopic (exact) mass is 259 g/mol. The van der Waals surface area contributed by atoms with Gasteiger partial charge in [-0.1, -0.05) is 11.6 Å². The molecular formula is C12H15Cl2NO. The van der Waals surface area contributed by atoms with E-state index in [4.69, 9.17) is 11.6 Å². The van der Waals surface area contributed by atoms with E-state index >= 15 is 0 Å². The fourth-order valence-corrected chi connectivity index (χ4v) is 2.00. The van der Waals surface area contributed by atoms with Crippen LogP contribution in [0.2, 0.25) is 5.02 Å². The number of hydrogen-bond acceptors (Lipinski definition) is 2. The summed E-state index contributed by atoms with van der Waals surface area (Å²) >= 11 is 5.76. The third kappa shape index (κ3) is 3.48. The van der Waals surface area contributed by atoms with Crippen LogP contribution in [0.15, 0.2) is 24.3 Å². The molecule has 2 nitrogen and oxygen atoms in total. The molecule has 1 aliphatic rings. The van der Waals surface area contributed by atoms with Crippen LogP contribution in [-0.2, 0) is 0 Å². The number of hydrogen-bond donors (Lipinski definition) is 0. The van der Waals surface area contributed by atoms with Crippen LogP contribution in [0.3, 0.4) is 0 Å². The molecule has 0 aliphatic carbocycles. The molecule has 4 heteroatoms. The van der Waals surface area contributed by atoms with Crippen molar-refractivity contribution in [3.05, 3.63) is 34.9 Å². The lowest BCUT2D eigenvalue weighted by molar-refractivity contribution is 0.0945. The molecule has 1 aromatic rings. The first-order valence-electron chi connectivity index (χ1n) is 5.27. The number of halogens is 2. The molecule has 0 N–H and O–H groups in total. The summed E-state index contributed by atoms with van der Waals surface area (Å²) < 4.78 is 0. The van der Waals surface area contributed by atoms with Gasteiger partial charge < -0.3 is 0 Å². The second kappa shape index (κ2) is 6.24. The van der Waals surface area contributed by atoms with Crippen molar-refractivity contribution in [2.75, 3.05) is 19.6 Å². The number of ketones is 1. The van der Waals surface area contributed by atoms with Gasteiger partial charge >= 0.3 is 0 Å². The third-order valence-electron chi connectivity index (χ3n) is 2.73. The quantitative estimate of drug-likeness (QED) is 0.778. The number of likely N-dealkylation sites (tertiary alicyclic amines) is 1. The number of nitrogens with zero attached hydrogens (tertiary/aromatic N) is 1. The fraction of sp³-hybridized carbons (Fsp3) is 0.417. The van der Waals surface area contributed by atoms with Crippen LogP contribution in [0.5, 0.6) is 0 Å². The topological polar surface area (TPSA) is 20.3 Å². The molecule has 1 aliphatic heterocycles. The van der Waals surface area contributed by atoms with Gasteiger partial charge in [0.1, 0.15) is 0 Å². The molecule has 1 heterocycles. The Balaban J connectivity index is 0.00000128. The summed E-state index contributed by atoms with van der Waals surface area (Å²) in [7, 11) is 0. The highest BCUT2D eigenvalue weighted by atomic mass is 35.5. The minimum absolute atomic E-state index is 0. The molecule has 0 radical (unpaired) electrons. The minimum Gasteiger partial charge on any atom is -0.296 e. The molecule has 1 saturated heterocycles. The summed E-state index contributed by atoms with van der Waals surface area (Å²) in [5, 5.41) is 0.674. The third-order valence-corrected chi connectivity index (χ3v) is 2.98. The van der Waals surface area contributed by atoms with E-state index in [0.717, 1.165) is 18.7 Å². The van der Waals surface area contributed by atoms with Crippen LogP contribution >= 0.6 is 24.0 Å². The predicted molar refractivity (Wildman–Crippen MR) is 68.7 cm³/mol. The van der Waals surface area contributed by atoms with Crippen molar-refractivity contribution in [3.8, 4) is 0 Å². The van der Waals surface area contributed by atoms with Crippen molar-refractivity contribution in [1.29, 1.82) is 0 Å². The largest absolute Gasteiger partial charge is 0.296 e. The van der Waals surface area contributed by atoms with Crippen LogP contribution in [0, 0.1) is 0 Å². The second-order valence-electron chi connectivity index (χ2n) is 3.91. The molecule has 1 fully saturated rings. The molecule has 0 bridgehead atoms. The van der Waals surface area contributed by atoms with Gasteiger partial charge in [-0.3, -0.25) is 9.69 Å². The second-order valence-corrected chi connectivity index (χ2v) is 4.35. The Kier molecular flexibility index (Phi) is 5.26. The van der Waals surface area contributed by atoms with Crippen molar-refractivity contribution >= 4 is 29.8 Å². The maximum atomic E-state index is 11.8. The first kappa shape index (κ1) is 13.5. The molecule has 88 valence electrons. The van der Waals surface area contributed by atoms with E-state index in [-0.39, 0.29) is 18.2 Å². The SMILES string of the molecule is Cl.O=C(CN1CCCC1)c1ccc(Cl)cc1. The van der Waals surface area contributed by atoms with E-state index in [1.54, 1.807) is 24.3 Å². The Morgan fingerprint density at radius 3 is 2.31 bits per heavy atom. The number of rotatable bonds is 3. The molecule has 0 saturated carbocycles. The van der Waals surface area contributed by atoms with Crippen LogP contribution in [-0.4, -0.2) is 30.3 Å². The average molecular weight is 260 g/mol. The van der Waals surface area contributed by atoms with Gasteiger partial charge in [-0.15, -0.1) is 12.4 Å². The van der Waals surface area contributed by atoms with E-state index in [1.165, 1.54) is 12.8 Å². The Hall–Kier alpha value is -0.570. The van der Waals surface area contributed by atoms with E-state index in [0.29, 0.717) is 11.6 Å². The number of Topliss-reactive ketones (excluding diaryl/α,β-unsaturated/α-hetero) is 1. The normalized spacial score (nSPS) is 15.8. The van der Waals surface area contributed by atoms with E-state index in [1.807, 2.05) is 0 Å². The van der Waals surface area contributed by atoms with Crippen molar-refractivity contribution in [1.82, 2.24) is 4.90 Å². The van der Waals surface area contributed by atoms with Crippen LogP contribution in [0.4, 0.5) is 0 Å². The van der Waals surface area contributed by atoms with Gasteiger partial charge in [-0.25, -0.2) is 0 Å². The molecule has 2 rings (SSSR count). The van der Waals surface area contributed by atoms with E-state index in [2.05, 4.69) is 4.90 Å².